The van der Waals surface area contributed by atoms with Crippen LogP contribution in [-0.2, 0) is 28.5 Å². The highest BCUT2D eigenvalue weighted by Crippen LogP contribution is 2.09. The van der Waals surface area contributed by atoms with Gasteiger partial charge in [0.15, 0.2) is 6.10 Å². The van der Waals surface area contributed by atoms with Crippen LogP contribution in [0.25, 0.3) is 0 Å². The van der Waals surface area contributed by atoms with Gasteiger partial charge in [0, 0.05) is 12.8 Å². The Morgan fingerprint density at radius 3 is 2.13 bits per heavy atom. The number of quaternary nitrogens is 1. The molecule has 0 bridgehead atoms. The number of ether oxygens (including phenoxy) is 4. The maximum absolute atomic E-state index is 11.6. The van der Waals surface area contributed by atoms with Crippen molar-refractivity contribution in [3.8, 4) is 0 Å². The maximum Gasteiger partial charge on any atom is 0.511 e. The molecule has 8 nitrogen and oxygen atoms in total. The number of esters is 2. The second-order valence-electron chi connectivity index (χ2n) is 6.46. The van der Waals surface area contributed by atoms with E-state index >= 15 is 0 Å². The molecule has 0 fully saturated rings. The van der Waals surface area contributed by atoms with E-state index in [1.807, 2.05) is 21.1 Å². The molecule has 0 heterocycles. The number of methoxy groups -OCH3 is 1. The Morgan fingerprint density at radius 1 is 1.04 bits per heavy atom. The first-order valence-electron chi connectivity index (χ1n) is 7.42. The molecular formula is C15H28NO7+. The molecule has 0 aliphatic heterocycles. The van der Waals surface area contributed by atoms with Crippen LogP contribution >= 0.6 is 0 Å². The average molecular weight is 334 g/mol. The molecule has 0 aliphatic rings. The third-order valence-corrected chi connectivity index (χ3v) is 2.76. The van der Waals surface area contributed by atoms with Gasteiger partial charge in [-0.2, -0.15) is 0 Å². The Hall–Kier alpha value is -1.83. The number of carbonyl (C=O) groups is 3. The monoisotopic (exact) mass is 334 g/mol. The van der Waals surface area contributed by atoms with E-state index in [2.05, 4.69) is 4.74 Å². The van der Waals surface area contributed by atoms with Gasteiger partial charge in [0.05, 0.1) is 34.2 Å². The van der Waals surface area contributed by atoms with Gasteiger partial charge >= 0.3 is 18.1 Å². The topological polar surface area (TPSA) is 88.1 Å². The Kier molecular flexibility index (Phi) is 9.24. The lowest BCUT2D eigenvalue weighted by atomic mass is 10.2. The molecule has 0 aromatic heterocycles. The van der Waals surface area contributed by atoms with Crippen molar-refractivity contribution in [3.05, 3.63) is 0 Å². The standard InChI is InChI=1S/C15H28NO7/c1-11(2)14(18)21-10-22-15(19)23-12(9-16(3,4)5)7-8-13(17)20-6/h11-12H,7-10H2,1-6H3/q+1. The summed E-state index contributed by atoms with van der Waals surface area (Å²) in [5, 5.41) is 0. The minimum atomic E-state index is -0.940. The summed E-state index contributed by atoms with van der Waals surface area (Å²) in [6.45, 7) is 3.34. The molecular weight excluding hydrogens is 306 g/mol. The summed E-state index contributed by atoms with van der Waals surface area (Å²) in [5.41, 5.74) is 0. The third-order valence-electron chi connectivity index (χ3n) is 2.76. The van der Waals surface area contributed by atoms with Crippen molar-refractivity contribution >= 4 is 18.1 Å². The van der Waals surface area contributed by atoms with Crippen molar-refractivity contribution < 1.29 is 37.8 Å². The van der Waals surface area contributed by atoms with Crippen molar-refractivity contribution in [3.63, 3.8) is 0 Å². The molecule has 0 rings (SSSR count). The van der Waals surface area contributed by atoms with Crippen molar-refractivity contribution in [1.82, 2.24) is 0 Å². The van der Waals surface area contributed by atoms with Gasteiger partial charge in [-0.05, 0) is 0 Å². The lowest BCUT2D eigenvalue weighted by Gasteiger charge is -2.28. The number of nitrogens with zero attached hydrogens (tertiary/aromatic N) is 1. The predicted octanol–water partition coefficient (Wildman–Crippen LogP) is 1.32. The number of likely N-dealkylation sites (N-methyl/N-ethyl adjacent to an activating group) is 1. The second kappa shape index (κ2) is 10.0. The highest BCUT2D eigenvalue weighted by molar-refractivity contribution is 5.71. The van der Waals surface area contributed by atoms with Crippen LogP contribution in [0.4, 0.5) is 4.79 Å². The van der Waals surface area contributed by atoms with Crippen molar-refractivity contribution in [2.24, 2.45) is 5.92 Å². The zero-order valence-electron chi connectivity index (χ0n) is 14.8. The van der Waals surface area contributed by atoms with E-state index < -0.39 is 25.0 Å². The normalized spacial score (nSPS) is 12.5. The summed E-state index contributed by atoms with van der Waals surface area (Å²) < 4.78 is 19.8. The van der Waals surface area contributed by atoms with Crippen LogP contribution in [0, 0.1) is 5.92 Å². The van der Waals surface area contributed by atoms with Crippen molar-refractivity contribution in [2.45, 2.75) is 32.8 Å². The molecule has 0 N–H and O–H groups in total. The number of hydrogen-bond donors (Lipinski definition) is 0. The van der Waals surface area contributed by atoms with E-state index in [9.17, 15) is 14.4 Å². The molecule has 23 heavy (non-hydrogen) atoms. The van der Waals surface area contributed by atoms with E-state index in [-0.39, 0.29) is 18.3 Å². The minimum absolute atomic E-state index is 0.136. The Bertz CT molecular complexity index is 401. The SMILES string of the molecule is COC(=O)CCC(C[N+](C)(C)C)OC(=O)OCOC(=O)C(C)C. The van der Waals surface area contributed by atoms with Crippen LogP contribution < -0.4 is 0 Å². The summed E-state index contributed by atoms with van der Waals surface area (Å²) in [5.74, 6) is -1.15. The van der Waals surface area contributed by atoms with E-state index in [4.69, 9.17) is 14.2 Å². The summed E-state index contributed by atoms with van der Waals surface area (Å²) in [7, 11) is 7.11. The first kappa shape index (κ1) is 21.2. The second-order valence-corrected chi connectivity index (χ2v) is 6.46. The van der Waals surface area contributed by atoms with Crippen molar-refractivity contribution in [2.75, 3.05) is 41.6 Å². The fourth-order valence-electron chi connectivity index (χ4n) is 1.65. The number of rotatable bonds is 9. The van der Waals surface area contributed by atoms with Crippen LogP contribution in [0.1, 0.15) is 26.7 Å². The molecule has 134 valence electrons. The van der Waals surface area contributed by atoms with E-state index in [0.29, 0.717) is 17.4 Å². The van der Waals surface area contributed by atoms with E-state index in [1.54, 1.807) is 13.8 Å². The molecule has 0 saturated heterocycles. The molecule has 0 aliphatic carbocycles. The Morgan fingerprint density at radius 2 is 1.65 bits per heavy atom. The smallest absolute Gasteiger partial charge is 0.469 e. The van der Waals surface area contributed by atoms with Gasteiger partial charge < -0.3 is 23.4 Å². The Labute approximate surface area is 137 Å². The fourth-order valence-corrected chi connectivity index (χ4v) is 1.65. The summed E-state index contributed by atoms with van der Waals surface area (Å²) >= 11 is 0. The lowest BCUT2D eigenvalue weighted by molar-refractivity contribution is -0.873. The molecule has 0 radical (unpaired) electrons. The maximum atomic E-state index is 11.6. The first-order valence-corrected chi connectivity index (χ1v) is 7.42. The first-order chi connectivity index (χ1) is 10.5. The minimum Gasteiger partial charge on any atom is -0.469 e. The largest absolute Gasteiger partial charge is 0.511 e. The number of hydrogen-bond acceptors (Lipinski definition) is 7. The summed E-state index contributed by atoms with van der Waals surface area (Å²) in [6, 6.07) is 0. The zero-order valence-corrected chi connectivity index (χ0v) is 14.8. The third kappa shape index (κ3) is 11.4. The molecule has 1 atom stereocenters. The van der Waals surface area contributed by atoms with Gasteiger partial charge in [0.25, 0.3) is 0 Å². The molecule has 0 aromatic rings. The summed E-state index contributed by atoms with van der Waals surface area (Å²) in [4.78, 5) is 34.1. The molecule has 0 aromatic carbocycles. The van der Waals surface area contributed by atoms with Crippen LogP contribution in [0.15, 0.2) is 0 Å². The van der Waals surface area contributed by atoms with Crippen LogP contribution in [0.3, 0.4) is 0 Å². The molecule has 0 spiro atoms. The fraction of sp³-hybridized carbons (Fsp3) is 0.800. The van der Waals surface area contributed by atoms with Crippen molar-refractivity contribution in [1.29, 1.82) is 0 Å². The Balaban J connectivity index is 4.36. The van der Waals surface area contributed by atoms with Gasteiger partial charge in [0.1, 0.15) is 6.54 Å². The van der Waals surface area contributed by atoms with Gasteiger partial charge in [-0.15, -0.1) is 0 Å². The molecule has 8 heteroatoms. The highest BCUT2D eigenvalue weighted by atomic mass is 16.8. The molecule has 0 saturated carbocycles. The van der Waals surface area contributed by atoms with E-state index in [1.165, 1.54) is 7.11 Å². The highest BCUT2D eigenvalue weighted by Gasteiger charge is 2.24. The van der Waals surface area contributed by atoms with Crippen LogP contribution in [0.5, 0.6) is 0 Å². The quantitative estimate of drug-likeness (QED) is 0.272. The zero-order chi connectivity index (χ0) is 18.0. The molecule has 0 amide bonds. The average Bonchev–Trinajstić information content (AvgIpc) is 2.42. The molecule has 1 unspecified atom stereocenters. The lowest BCUT2D eigenvalue weighted by Crippen LogP contribution is -2.43. The predicted molar refractivity (Wildman–Crippen MR) is 81.3 cm³/mol. The summed E-state index contributed by atoms with van der Waals surface area (Å²) in [6.07, 6.45) is -0.993. The van der Waals surface area contributed by atoms with Gasteiger partial charge in [-0.25, -0.2) is 4.79 Å². The van der Waals surface area contributed by atoms with Gasteiger partial charge in [-0.3, -0.25) is 9.59 Å². The van der Waals surface area contributed by atoms with Gasteiger partial charge in [-0.1, -0.05) is 13.8 Å². The van der Waals surface area contributed by atoms with E-state index in [0.717, 1.165) is 0 Å². The van der Waals surface area contributed by atoms with Crippen LogP contribution in [-0.4, -0.2) is 70.3 Å². The number of carbonyl (C=O) groups excluding carboxylic acids is 3. The van der Waals surface area contributed by atoms with Crippen LogP contribution in [0.2, 0.25) is 0 Å². The van der Waals surface area contributed by atoms with Gasteiger partial charge in [0.2, 0.25) is 6.79 Å².